The van der Waals surface area contributed by atoms with E-state index >= 15 is 0 Å². The van der Waals surface area contributed by atoms with Gasteiger partial charge in [0, 0.05) is 19.0 Å². The molecule has 2 saturated carbocycles. The molecule has 0 radical (unpaired) electrons. The molecule has 25 heavy (non-hydrogen) atoms. The predicted octanol–water partition coefficient (Wildman–Crippen LogP) is 2.93. The largest absolute Gasteiger partial charge is 0.353 e. The summed E-state index contributed by atoms with van der Waals surface area (Å²) < 4.78 is 6.30. The van der Waals surface area contributed by atoms with Gasteiger partial charge < -0.3 is 9.64 Å². The Balaban J connectivity index is 1.61. The van der Waals surface area contributed by atoms with Gasteiger partial charge in [-0.2, -0.15) is 0 Å². The fourth-order valence-electron chi connectivity index (χ4n) is 5.54. The van der Waals surface area contributed by atoms with Crippen LogP contribution in [0.15, 0.2) is 0 Å². The summed E-state index contributed by atoms with van der Waals surface area (Å²) in [5.74, 6) is 0.971. The van der Waals surface area contributed by atoms with Gasteiger partial charge in [-0.05, 0) is 50.9 Å². The van der Waals surface area contributed by atoms with Crippen molar-refractivity contribution < 1.29 is 14.3 Å². The maximum absolute atomic E-state index is 13.4. The van der Waals surface area contributed by atoms with Crippen LogP contribution in [-0.4, -0.2) is 53.1 Å². The highest BCUT2D eigenvalue weighted by Gasteiger charge is 2.55. The standard InChI is InChI=1S/C20H32N2O3/c1-15-7-6-10-20(13-15)22(18(23)16-8-2-3-9-16)17(14-25-20)19(24)21-11-4-5-12-21/h15-17H,2-14H2,1H3/t15-,17-,20-/m0/s1. The van der Waals surface area contributed by atoms with Crippen LogP contribution < -0.4 is 0 Å². The second-order valence-corrected chi connectivity index (χ2v) is 8.70. The molecule has 140 valence electrons. The molecule has 3 atom stereocenters. The molecule has 0 aromatic carbocycles. The fraction of sp³-hybridized carbons (Fsp3) is 0.900. The van der Waals surface area contributed by atoms with Crippen molar-refractivity contribution >= 4 is 11.8 Å². The van der Waals surface area contributed by atoms with Crippen LogP contribution in [0.2, 0.25) is 0 Å². The lowest BCUT2D eigenvalue weighted by molar-refractivity contribution is -0.167. The second kappa shape index (κ2) is 6.90. The van der Waals surface area contributed by atoms with Crippen LogP contribution in [0.3, 0.4) is 0 Å². The summed E-state index contributed by atoms with van der Waals surface area (Å²) in [6, 6.07) is -0.392. The zero-order valence-electron chi connectivity index (χ0n) is 15.5. The number of amides is 2. The number of ether oxygens (including phenoxy) is 1. The molecular formula is C20H32N2O3. The SMILES string of the molecule is C[C@H]1CCC[C@@]2(C1)OC[C@@H](C(=O)N1CCCC1)N2C(=O)C1CCCC1. The number of nitrogens with zero attached hydrogens (tertiary/aromatic N) is 2. The molecule has 1 spiro atoms. The van der Waals surface area contributed by atoms with Crippen molar-refractivity contribution in [2.45, 2.75) is 82.9 Å². The molecule has 2 saturated heterocycles. The molecule has 2 aliphatic heterocycles. The van der Waals surface area contributed by atoms with E-state index in [-0.39, 0.29) is 17.7 Å². The molecule has 5 heteroatoms. The summed E-state index contributed by atoms with van der Waals surface area (Å²) in [4.78, 5) is 30.5. The van der Waals surface area contributed by atoms with Gasteiger partial charge in [0.25, 0.3) is 0 Å². The molecule has 4 fully saturated rings. The summed E-state index contributed by atoms with van der Waals surface area (Å²) >= 11 is 0. The van der Waals surface area contributed by atoms with Gasteiger partial charge in [0.2, 0.25) is 11.8 Å². The maximum Gasteiger partial charge on any atom is 0.247 e. The first-order valence-electron chi connectivity index (χ1n) is 10.4. The average Bonchev–Trinajstić information content (AvgIpc) is 3.35. The van der Waals surface area contributed by atoms with Gasteiger partial charge in [0.05, 0.1) is 6.61 Å². The molecule has 0 bridgehead atoms. The van der Waals surface area contributed by atoms with Crippen LogP contribution in [0.5, 0.6) is 0 Å². The fourth-order valence-corrected chi connectivity index (χ4v) is 5.54. The van der Waals surface area contributed by atoms with Crippen molar-refractivity contribution in [3.63, 3.8) is 0 Å². The Hall–Kier alpha value is -1.10. The lowest BCUT2D eigenvalue weighted by Gasteiger charge is -2.44. The van der Waals surface area contributed by atoms with E-state index in [0.29, 0.717) is 12.5 Å². The number of likely N-dealkylation sites (tertiary alicyclic amines) is 1. The second-order valence-electron chi connectivity index (χ2n) is 8.70. The first kappa shape index (κ1) is 17.3. The van der Waals surface area contributed by atoms with Gasteiger partial charge in [-0.3, -0.25) is 14.5 Å². The lowest BCUT2D eigenvalue weighted by atomic mass is 9.82. The third-order valence-electron chi connectivity index (χ3n) is 6.84. The summed E-state index contributed by atoms with van der Waals surface area (Å²) in [6.07, 6.45) is 10.4. The minimum atomic E-state index is -0.516. The Bertz CT molecular complexity index is 525. The average molecular weight is 348 g/mol. The summed E-state index contributed by atoms with van der Waals surface area (Å²) in [5.41, 5.74) is -0.516. The highest BCUT2D eigenvalue weighted by Crippen LogP contribution is 2.45. The number of hydrogen-bond donors (Lipinski definition) is 0. The van der Waals surface area contributed by atoms with E-state index in [1.54, 1.807) is 0 Å². The molecule has 2 aliphatic carbocycles. The minimum Gasteiger partial charge on any atom is -0.353 e. The zero-order valence-corrected chi connectivity index (χ0v) is 15.5. The number of hydrogen-bond acceptors (Lipinski definition) is 3. The molecule has 2 amide bonds. The number of rotatable bonds is 2. The lowest BCUT2D eigenvalue weighted by Crippen LogP contribution is -2.58. The molecule has 2 heterocycles. The molecule has 5 nitrogen and oxygen atoms in total. The van der Waals surface area contributed by atoms with Crippen molar-refractivity contribution in [3.05, 3.63) is 0 Å². The van der Waals surface area contributed by atoms with Crippen molar-refractivity contribution in [2.24, 2.45) is 11.8 Å². The smallest absolute Gasteiger partial charge is 0.247 e. The topological polar surface area (TPSA) is 49.9 Å². The van der Waals surface area contributed by atoms with Crippen LogP contribution in [0, 0.1) is 11.8 Å². The van der Waals surface area contributed by atoms with E-state index in [1.807, 2.05) is 9.80 Å². The Morgan fingerprint density at radius 2 is 1.68 bits per heavy atom. The van der Waals surface area contributed by atoms with E-state index in [0.717, 1.165) is 70.9 Å². The van der Waals surface area contributed by atoms with E-state index in [1.165, 1.54) is 6.42 Å². The molecule has 4 rings (SSSR count). The van der Waals surface area contributed by atoms with Crippen LogP contribution in [0.4, 0.5) is 0 Å². The molecule has 0 aromatic heterocycles. The van der Waals surface area contributed by atoms with Crippen molar-refractivity contribution in [2.75, 3.05) is 19.7 Å². The third kappa shape index (κ3) is 3.09. The Labute approximate surface area is 151 Å². The quantitative estimate of drug-likeness (QED) is 0.771. The minimum absolute atomic E-state index is 0.102. The van der Waals surface area contributed by atoms with Crippen LogP contribution in [0.1, 0.15) is 71.1 Å². The zero-order chi connectivity index (χ0) is 17.4. The Kier molecular flexibility index (Phi) is 4.78. The van der Waals surface area contributed by atoms with Gasteiger partial charge in [0.1, 0.15) is 11.8 Å². The van der Waals surface area contributed by atoms with Crippen LogP contribution in [-0.2, 0) is 14.3 Å². The summed E-state index contributed by atoms with van der Waals surface area (Å²) in [5, 5.41) is 0. The van der Waals surface area contributed by atoms with Gasteiger partial charge >= 0.3 is 0 Å². The van der Waals surface area contributed by atoms with Gasteiger partial charge in [-0.15, -0.1) is 0 Å². The van der Waals surface area contributed by atoms with Gasteiger partial charge in [-0.25, -0.2) is 0 Å². The highest BCUT2D eigenvalue weighted by molar-refractivity contribution is 5.90. The molecule has 0 N–H and O–H groups in total. The predicted molar refractivity (Wildman–Crippen MR) is 94.7 cm³/mol. The first-order valence-corrected chi connectivity index (χ1v) is 10.4. The molecule has 4 aliphatic rings. The summed E-state index contributed by atoms with van der Waals surface area (Å²) in [7, 11) is 0. The van der Waals surface area contributed by atoms with E-state index in [9.17, 15) is 9.59 Å². The normalized spacial score (nSPS) is 36.5. The highest BCUT2D eigenvalue weighted by atomic mass is 16.5. The monoisotopic (exact) mass is 348 g/mol. The Morgan fingerprint density at radius 1 is 0.960 bits per heavy atom. The first-order chi connectivity index (χ1) is 12.1. The van der Waals surface area contributed by atoms with Crippen molar-refractivity contribution in [1.82, 2.24) is 9.80 Å². The third-order valence-corrected chi connectivity index (χ3v) is 6.84. The van der Waals surface area contributed by atoms with Gasteiger partial charge in [0.15, 0.2) is 0 Å². The van der Waals surface area contributed by atoms with Crippen LogP contribution >= 0.6 is 0 Å². The van der Waals surface area contributed by atoms with E-state index in [2.05, 4.69) is 6.92 Å². The van der Waals surface area contributed by atoms with E-state index < -0.39 is 11.8 Å². The summed E-state index contributed by atoms with van der Waals surface area (Å²) in [6.45, 7) is 4.31. The molecule has 0 unspecified atom stereocenters. The molecular weight excluding hydrogens is 316 g/mol. The Morgan fingerprint density at radius 3 is 2.36 bits per heavy atom. The van der Waals surface area contributed by atoms with Gasteiger partial charge in [-0.1, -0.05) is 26.2 Å². The molecule has 0 aromatic rings. The van der Waals surface area contributed by atoms with Crippen LogP contribution in [0.25, 0.3) is 0 Å². The van der Waals surface area contributed by atoms with Crippen molar-refractivity contribution in [3.8, 4) is 0 Å². The number of carbonyl (C=O) groups is 2. The van der Waals surface area contributed by atoms with E-state index in [4.69, 9.17) is 4.74 Å². The maximum atomic E-state index is 13.4. The number of carbonyl (C=O) groups excluding carboxylic acids is 2. The van der Waals surface area contributed by atoms with Crippen molar-refractivity contribution in [1.29, 1.82) is 0 Å².